The number of aliphatic hydroxyl groups excluding tert-OH is 1. The van der Waals surface area contributed by atoms with Crippen molar-refractivity contribution < 1.29 is 51.5 Å². The summed E-state index contributed by atoms with van der Waals surface area (Å²) in [6.45, 7) is -1.54. The highest BCUT2D eigenvalue weighted by molar-refractivity contribution is 5.81. The van der Waals surface area contributed by atoms with Crippen LogP contribution in [-0.2, 0) is 29.3 Å². The molecule has 18 heteroatoms. The van der Waals surface area contributed by atoms with Gasteiger partial charge in [0.05, 0.1) is 33.8 Å². The van der Waals surface area contributed by atoms with E-state index >= 15 is 0 Å². The van der Waals surface area contributed by atoms with E-state index in [2.05, 4.69) is 15.0 Å². The van der Waals surface area contributed by atoms with Gasteiger partial charge >= 0.3 is 12.1 Å². The molecule has 15 nitrogen and oxygen atoms in total. The average molecular weight is 755 g/mol. The molecule has 6 rings (SSSR count). The number of carbonyl (C=O) groups is 1. The Morgan fingerprint density at radius 3 is 2.19 bits per heavy atom. The number of carbonyl (C=O) groups excluding carboxylic acids is 1. The molecule has 5 aromatic rings. The lowest BCUT2D eigenvalue weighted by molar-refractivity contribution is -0.174. The van der Waals surface area contributed by atoms with Gasteiger partial charge < -0.3 is 44.6 Å². The van der Waals surface area contributed by atoms with Crippen LogP contribution in [0.4, 0.5) is 19.1 Å². The second-order valence-electron chi connectivity index (χ2n) is 12.1. The highest BCUT2D eigenvalue weighted by Crippen LogP contribution is 2.43. The maximum Gasteiger partial charge on any atom is 0.471 e. The molecule has 2 aromatic heterocycles. The molecule has 1 saturated heterocycles. The summed E-state index contributed by atoms with van der Waals surface area (Å²) in [5.74, 6) is -1.06. The largest absolute Gasteiger partial charge is 0.497 e. The van der Waals surface area contributed by atoms with Crippen LogP contribution in [0, 0.1) is 0 Å². The first-order valence-electron chi connectivity index (χ1n) is 16.5. The molecule has 3 heterocycles. The van der Waals surface area contributed by atoms with Crippen LogP contribution in [0.25, 0.3) is 11.2 Å². The Morgan fingerprint density at radius 1 is 0.981 bits per heavy atom. The van der Waals surface area contributed by atoms with Gasteiger partial charge in [-0.05, 0) is 41.0 Å². The summed E-state index contributed by atoms with van der Waals surface area (Å²) in [6.07, 6.45) is -8.63. The number of H-pyrrole nitrogens is 1. The minimum absolute atomic E-state index is 0.0366. The summed E-state index contributed by atoms with van der Waals surface area (Å²) in [5.41, 5.74) is 6.13. The van der Waals surface area contributed by atoms with Crippen LogP contribution in [0.2, 0.25) is 0 Å². The molecule has 4 atom stereocenters. The third-order valence-corrected chi connectivity index (χ3v) is 8.81. The van der Waals surface area contributed by atoms with E-state index in [1.807, 2.05) is 54.6 Å². The van der Waals surface area contributed by atoms with Crippen LogP contribution in [0.1, 0.15) is 22.9 Å². The lowest BCUT2D eigenvalue weighted by Crippen LogP contribution is -2.40. The van der Waals surface area contributed by atoms with E-state index in [1.54, 1.807) is 43.8 Å². The summed E-state index contributed by atoms with van der Waals surface area (Å²) < 4.78 is 74.4. The number of imidazole rings is 1. The van der Waals surface area contributed by atoms with Crippen LogP contribution >= 0.6 is 0 Å². The smallest absolute Gasteiger partial charge is 0.471 e. The average Bonchev–Trinajstić information content (AvgIpc) is 3.73. The summed E-state index contributed by atoms with van der Waals surface area (Å²) in [7, 11) is 3.13. The zero-order valence-corrected chi connectivity index (χ0v) is 29.0. The monoisotopic (exact) mass is 754 g/mol. The molecular weight excluding hydrogens is 717 g/mol. The van der Waals surface area contributed by atoms with E-state index in [0.717, 1.165) is 16.7 Å². The molecular formula is C36H37F3N6O9. The Hall–Kier alpha value is -5.53. The summed E-state index contributed by atoms with van der Waals surface area (Å²) in [6, 6.07) is 24.2. The number of nitrogens with two attached hydrogens (primary N) is 1. The molecule has 1 amide bonds. The van der Waals surface area contributed by atoms with Gasteiger partial charge in [0.15, 0.2) is 17.4 Å². The van der Waals surface area contributed by atoms with Crippen molar-refractivity contribution in [3.8, 4) is 11.5 Å². The molecule has 0 radical (unpaired) electrons. The summed E-state index contributed by atoms with van der Waals surface area (Å²) in [4.78, 5) is 34.4. The number of aromatic nitrogens is 4. The lowest BCUT2D eigenvalue weighted by Gasteiger charge is -2.37. The van der Waals surface area contributed by atoms with Crippen molar-refractivity contribution in [2.45, 2.75) is 36.3 Å². The van der Waals surface area contributed by atoms with E-state index < -0.39 is 61.1 Å². The normalized spacial score (nSPS) is 18.9. The van der Waals surface area contributed by atoms with Crippen LogP contribution < -0.4 is 26.1 Å². The van der Waals surface area contributed by atoms with E-state index in [9.17, 15) is 27.9 Å². The number of methoxy groups -OCH3 is 2. The fourth-order valence-electron chi connectivity index (χ4n) is 6.19. The number of aromatic amines is 1. The number of nitrogens with zero attached hydrogens (tertiary/aromatic N) is 3. The van der Waals surface area contributed by atoms with Crippen molar-refractivity contribution >= 4 is 23.0 Å². The topological polar surface area (TPSA) is 194 Å². The highest BCUT2D eigenvalue weighted by atomic mass is 19.4. The second-order valence-corrected chi connectivity index (χ2v) is 12.1. The molecule has 0 aliphatic carbocycles. The van der Waals surface area contributed by atoms with Gasteiger partial charge in [-0.1, -0.05) is 54.6 Å². The Balaban J connectivity index is 1.32. The van der Waals surface area contributed by atoms with Crippen LogP contribution in [-0.4, -0.2) is 95.8 Å². The SMILES string of the molecule is COc1ccc(C(OC[C@H]2O[C@@H](n3cnc4c(=O)[nH]c(N)nc43)[C@H](OCOCCNC(=O)C(F)(F)F)[C@@H]2O)(c2ccccc2)c2ccc(OC)cc2)cc1. The fraction of sp³-hybridized carbons (Fsp3) is 0.333. The van der Waals surface area contributed by atoms with E-state index in [4.69, 9.17) is 34.2 Å². The maximum absolute atomic E-state index is 12.6. The number of nitrogen functional groups attached to an aromatic ring is 1. The quantitative estimate of drug-likeness (QED) is 0.0695. The molecule has 0 bridgehead atoms. The zero-order valence-electron chi connectivity index (χ0n) is 29.0. The maximum atomic E-state index is 12.6. The molecule has 1 aliphatic rings. The third kappa shape index (κ3) is 7.87. The minimum Gasteiger partial charge on any atom is -0.497 e. The fourth-order valence-corrected chi connectivity index (χ4v) is 6.19. The molecule has 0 unspecified atom stereocenters. The Labute approximate surface area is 305 Å². The number of anilines is 1. The van der Waals surface area contributed by atoms with Gasteiger partial charge in [0, 0.05) is 6.54 Å². The Bertz CT molecular complexity index is 2030. The molecule has 3 aromatic carbocycles. The first-order valence-corrected chi connectivity index (χ1v) is 16.5. The standard InChI is InChI=1S/C36H37F3N6O9/c1-49-24-12-8-22(9-13-24)35(21-6-4-3-5-7-21,23-10-14-25(50-2)15-11-23)53-18-26-28(46)29(52-20-51-17-16-41-33(48)36(37,38)39)32(54-26)45-19-42-27-30(45)43-34(40)44-31(27)47/h3-15,19,26,28-29,32,46H,16-18,20H2,1-2H3,(H,41,48)(H3,40,43,44,47)/t26-,28-,29-,32-/m1/s1. The van der Waals surface area contributed by atoms with Gasteiger partial charge in [-0.3, -0.25) is 19.1 Å². The van der Waals surface area contributed by atoms with Crippen molar-refractivity contribution in [3.05, 3.63) is 112 Å². The first-order chi connectivity index (χ1) is 26.0. The number of rotatable bonds is 15. The van der Waals surface area contributed by atoms with Crippen molar-refractivity contribution in [2.75, 3.05) is 46.5 Å². The number of ether oxygens (including phenoxy) is 6. The van der Waals surface area contributed by atoms with E-state index in [0.29, 0.717) is 11.5 Å². The second kappa shape index (κ2) is 16.2. The predicted octanol–water partition coefficient (Wildman–Crippen LogP) is 3.02. The van der Waals surface area contributed by atoms with Gasteiger partial charge in [-0.2, -0.15) is 18.2 Å². The Kier molecular flexibility index (Phi) is 11.5. The van der Waals surface area contributed by atoms with Crippen molar-refractivity contribution in [3.63, 3.8) is 0 Å². The van der Waals surface area contributed by atoms with Gasteiger partial charge in [-0.25, -0.2) is 4.98 Å². The number of amides is 1. The van der Waals surface area contributed by atoms with Crippen LogP contribution in [0.15, 0.2) is 90.0 Å². The molecule has 54 heavy (non-hydrogen) atoms. The number of aliphatic hydroxyl groups is 1. The van der Waals surface area contributed by atoms with Crippen molar-refractivity contribution in [1.82, 2.24) is 24.8 Å². The number of benzene rings is 3. The number of nitrogens with one attached hydrogen (secondary N) is 2. The van der Waals surface area contributed by atoms with E-state index in [-0.39, 0.29) is 30.3 Å². The Morgan fingerprint density at radius 2 is 1.59 bits per heavy atom. The lowest BCUT2D eigenvalue weighted by atomic mass is 9.80. The van der Waals surface area contributed by atoms with Gasteiger partial charge in [0.2, 0.25) is 5.95 Å². The van der Waals surface area contributed by atoms with Gasteiger partial charge in [-0.15, -0.1) is 0 Å². The predicted molar refractivity (Wildman–Crippen MR) is 185 cm³/mol. The number of halogens is 3. The number of alkyl halides is 3. The molecule has 0 spiro atoms. The summed E-state index contributed by atoms with van der Waals surface area (Å²) >= 11 is 0. The minimum atomic E-state index is -5.04. The van der Waals surface area contributed by atoms with E-state index in [1.165, 1.54) is 10.9 Å². The van der Waals surface area contributed by atoms with Crippen LogP contribution in [0.5, 0.6) is 11.5 Å². The molecule has 286 valence electrons. The number of hydrogen-bond donors (Lipinski definition) is 4. The molecule has 1 fully saturated rings. The van der Waals surface area contributed by atoms with Crippen molar-refractivity contribution in [2.24, 2.45) is 0 Å². The molecule has 5 N–H and O–H groups in total. The molecule has 0 saturated carbocycles. The summed E-state index contributed by atoms with van der Waals surface area (Å²) in [5, 5.41) is 13.5. The van der Waals surface area contributed by atoms with Gasteiger partial charge in [0.1, 0.15) is 42.2 Å². The van der Waals surface area contributed by atoms with Gasteiger partial charge in [0.25, 0.3) is 5.56 Å². The number of hydrogen-bond acceptors (Lipinski definition) is 12. The third-order valence-electron chi connectivity index (χ3n) is 8.81. The van der Waals surface area contributed by atoms with Crippen LogP contribution in [0.3, 0.4) is 0 Å². The van der Waals surface area contributed by atoms with Crippen molar-refractivity contribution in [1.29, 1.82) is 0 Å². The highest BCUT2D eigenvalue weighted by Gasteiger charge is 2.48. The first kappa shape index (κ1) is 38.2. The zero-order chi connectivity index (χ0) is 38.5. The molecule has 1 aliphatic heterocycles. The number of fused-ring (bicyclic) bond motifs is 1.